The summed E-state index contributed by atoms with van der Waals surface area (Å²) in [6.07, 6.45) is -0.589. The van der Waals surface area contributed by atoms with Crippen molar-refractivity contribution in [2.75, 3.05) is 5.32 Å². The molecule has 3 N–H and O–H groups in total. The molecule has 0 unspecified atom stereocenters. The van der Waals surface area contributed by atoms with Crippen LogP contribution in [0.1, 0.15) is 5.56 Å². The summed E-state index contributed by atoms with van der Waals surface area (Å²) in [4.78, 5) is 11.7. The lowest BCUT2D eigenvalue weighted by molar-refractivity contribution is 0.215. The Morgan fingerprint density at radius 3 is 2.58 bits per heavy atom. The summed E-state index contributed by atoms with van der Waals surface area (Å²) in [7, 11) is 0. The molecule has 5 heteroatoms. The maximum absolute atomic E-state index is 11.7. The molecule has 0 saturated heterocycles. The number of halogens is 1. The highest BCUT2D eigenvalue weighted by Crippen LogP contribution is 2.23. The first-order chi connectivity index (χ1) is 9.19. The van der Waals surface area contributed by atoms with Crippen molar-refractivity contribution < 1.29 is 9.53 Å². The van der Waals surface area contributed by atoms with Gasteiger partial charge in [0, 0.05) is 6.54 Å². The van der Waals surface area contributed by atoms with Crippen LogP contribution < -0.4 is 15.8 Å². The Bertz CT molecular complexity index is 573. The van der Waals surface area contributed by atoms with Crippen LogP contribution in [0.5, 0.6) is 5.75 Å². The predicted molar refractivity (Wildman–Crippen MR) is 75.4 cm³/mol. The van der Waals surface area contributed by atoms with Crippen molar-refractivity contribution in [2.45, 2.75) is 6.54 Å². The molecule has 2 aromatic rings. The Balaban J connectivity index is 2.03. The van der Waals surface area contributed by atoms with E-state index in [1.54, 1.807) is 42.5 Å². The molecular formula is C14H13ClN2O2. The van der Waals surface area contributed by atoms with Crippen molar-refractivity contribution in [1.82, 2.24) is 0 Å². The normalized spacial score (nSPS) is 10.0. The minimum atomic E-state index is -0.589. The molecule has 19 heavy (non-hydrogen) atoms. The van der Waals surface area contributed by atoms with Gasteiger partial charge in [0.25, 0.3) is 0 Å². The van der Waals surface area contributed by atoms with Crippen LogP contribution in [0.4, 0.5) is 10.5 Å². The first-order valence-electron chi connectivity index (χ1n) is 5.71. The van der Waals surface area contributed by atoms with Crippen molar-refractivity contribution in [1.29, 1.82) is 0 Å². The van der Waals surface area contributed by atoms with Crippen molar-refractivity contribution >= 4 is 23.4 Å². The number of rotatable bonds is 3. The first-order valence-corrected chi connectivity index (χ1v) is 6.09. The molecule has 98 valence electrons. The fourth-order valence-electron chi connectivity index (χ4n) is 1.52. The lowest BCUT2D eigenvalue weighted by Gasteiger charge is -2.09. The van der Waals surface area contributed by atoms with Crippen LogP contribution >= 0.6 is 11.6 Å². The van der Waals surface area contributed by atoms with E-state index < -0.39 is 6.09 Å². The van der Waals surface area contributed by atoms with E-state index in [1.165, 1.54) is 0 Å². The van der Waals surface area contributed by atoms with E-state index in [9.17, 15) is 4.79 Å². The summed E-state index contributed by atoms with van der Waals surface area (Å²) in [5.74, 6) is 0.467. The van der Waals surface area contributed by atoms with Crippen LogP contribution in [0.2, 0.25) is 5.02 Å². The quantitative estimate of drug-likeness (QED) is 0.903. The van der Waals surface area contributed by atoms with Gasteiger partial charge in [-0.2, -0.15) is 0 Å². The number of amides is 1. The average Bonchev–Trinajstić information content (AvgIpc) is 2.42. The van der Waals surface area contributed by atoms with Crippen LogP contribution in [-0.4, -0.2) is 6.09 Å². The summed E-state index contributed by atoms with van der Waals surface area (Å²) in [5, 5.41) is 3.00. The number of carbonyl (C=O) groups is 1. The van der Waals surface area contributed by atoms with Gasteiger partial charge in [-0.05, 0) is 29.8 Å². The number of benzene rings is 2. The largest absolute Gasteiger partial charge is 0.417 e. The molecule has 0 saturated carbocycles. The van der Waals surface area contributed by atoms with Gasteiger partial charge < -0.3 is 10.5 Å². The molecule has 0 aliphatic rings. The lowest BCUT2D eigenvalue weighted by Crippen LogP contribution is -2.17. The highest BCUT2D eigenvalue weighted by molar-refractivity contribution is 6.33. The van der Waals surface area contributed by atoms with E-state index in [2.05, 4.69) is 5.32 Å². The molecule has 0 spiro atoms. The molecular weight excluding hydrogens is 264 g/mol. The molecule has 0 aromatic heterocycles. The Morgan fingerprint density at radius 1 is 1.21 bits per heavy atom. The van der Waals surface area contributed by atoms with E-state index in [-0.39, 0.29) is 0 Å². The Morgan fingerprint density at radius 2 is 1.95 bits per heavy atom. The standard InChI is InChI=1S/C14H13ClN2O2/c15-12-8-10(9-16)6-7-13(12)17-14(18)19-11-4-2-1-3-5-11/h1-8H,9,16H2,(H,17,18). The van der Waals surface area contributed by atoms with E-state index >= 15 is 0 Å². The zero-order valence-electron chi connectivity index (χ0n) is 10.1. The van der Waals surface area contributed by atoms with Gasteiger partial charge in [-0.15, -0.1) is 0 Å². The Kier molecular flexibility index (Phi) is 4.39. The zero-order valence-corrected chi connectivity index (χ0v) is 10.9. The SMILES string of the molecule is NCc1ccc(NC(=O)Oc2ccccc2)c(Cl)c1. The van der Waals surface area contributed by atoms with Gasteiger partial charge in [0.15, 0.2) is 0 Å². The molecule has 0 radical (unpaired) electrons. The van der Waals surface area contributed by atoms with Crippen molar-refractivity contribution in [3.05, 3.63) is 59.1 Å². The summed E-state index contributed by atoms with van der Waals surface area (Å²) in [6.45, 7) is 0.397. The fraction of sp³-hybridized carbons (Fsp3) is 0.0714. The molecule has 1 amide bonds. The Labute approximate surface area is 116 Å². The van der Waals surface area contributed by atoms with Crippen LogP contribution in [0.3, 0.4) is 0 Å². The van der Waals surface area contributed by atoms with E-state index in [1.807, 2.05) is 6.07 Å². The highest BCUT2D eigenvalue weighted by Gasteiger charge is 2.08. The number of nitrogens with two attached hydrogens (primary N) is 1. The van der Waals surface area contributed by atoms with Gasteiger partial charge in [-0.1, -0.05) is 35.9 Å². The van der Waals surface area contributed by atoms with E-state index in [0.717, 1.165) is 5.56 Å². The number of hydrogen-bond acceptors (Lipinski definition) is 3. The maximum atomic E-state index is 11.7. The molecule has 4 nitrogen and oxygen atoms in total. The third-order valence-electron chi connectivity index (χ3n) is 2.46. The van der Waals surface area contributed by atoms with Crippen LogP contribution in [0.25, 0.3) is 0 Å². The summed E-state index contributed by atoms with van der Waals surface area (Å²) in [6, 6.07) is 14.0. The average molecular weight is 277 g/mol. The first kappa shape index (κ1) is 13.4. The molecule has 2 rings (SSSR count). The summed E-state index contributed by atoms with van der Waals surface area (Å²) in [5.41, 5.74) is 6.88. The molecule has 0 atom stereocenters. The Hall–Kier alpha value is -2.04. The number of ether oxygens (including phenoxy) is 1. The topological polar surface area (TPSA) is 64.3 Å². The third-order valence-corrected chi connectivity index (χ3v) is 2.77. The fourth-order valence-corrected chi connectivity index (χ4v) is 1.77. The second-order valence-corrected chi connectivity index (χ2v) is 4.25. The van der Waals surface area contributed by atoms with Gasteiger partial charge in [0.1, 0.15) is 5.75 Å². The van der Waals surface area contributed by atoms with Gasteiger partial charge in [-0.25, -0.2) is 4.79 Å². The maximum Gasteiger partial charge on any atom is 0.417 e. The minimum absolute atomic E-state index is 0.397. The van der Waals surface area contributed by atoms with Crippen LogP contribution in [0.15, 0.2) is 48.5 Å². The van der Waals surface area contributed by atoms with Crippen molar-refractivity contribution in [2.24, 2.45) is 5.73 Å². The highest BCUT2D eigenvalue weighted by atomic mass is 35.5. The molecule has 2 aromatic carbocycles. The molecule has 0 heterocycles. The number of anilines is 1. The van der Waals surface area contributed by atoms with Crippen molar-refractivity contribution in [3.8, 4) is 5.75 Å². The van der Waals surface area contributed by atoms with Crippen LogP contribution in [0, 0.1) is 0 Å². The monoisotopic (exact) mass is 276 g/mol. The minimum Gasteiger partial charge on any atom is -0.410 e. The lowest BCUT2D eigenvalue weighted by atomic mass is 10.2. The zero-order chi connectivity index (χ0) is 13.7. The number of para-hydroxylation sites is 1. The molecule has 0 fully saturated rings. The summed E-state index contributed by atoms with van der Waals surface area (Å²) < 4.78 is 5.10. The second-order valence-electron chi connectivity index (χ2n) is 3.85. The van der Waals surface area contributed by atoms with Gasteiger partial charge in [0.2, 0.25) is 0 Å². The smallest absolute Gasteiger partial charge is 0.410 e. The molecule has 0 bridgehead atoms. The summed E-state index contributed by atoms with van der Waals surface area (Å²) >= 11 is 6.03. The van der Waals surface area contributed by atoms with Crippen molar-refractivity contribution in [3.63, 3.8) is 0 Å². The predicted octanol–water partition coefficient (Wildman–Crippen LogP) is 3.41. The van der Waals surface area contributed by atoms with E-state index in [0.29, 0.717) is 23.0 Å². The van der Waals surface area contributed by atoms with Gasteiger partial charge >= 0.3 is 6.09 Å². The van der Waals surface area contributed by atoms with Crippen LogP contribution in [-0.2, 0) is 6.54 Å². The van der Waals surface area contributed by atoms with E-state index in [4.69, 9.17) is 22.1 Å². The molecule has 0 aliphatic heterocycles. The second kappa shape index (κ2) is 6.22. The number of carbonyl (C=O) groups excluding carboxylic acids is 1. The number of nitrogens with one attached hydrogen (secondary N) is 1. The van der Waals surface area contributed by atoms with Gasteiger partial charge in [-0.3, -0.25) is 5.32 Å². The number of hydrogen-bond donors (Lipinski definition) is 2. The van der Waals surface area contributed by atoms with Gasteiger partial charge in [0.05, 0.1) is 10.7 Å². The third kappa shape index (κ3) is 3.71. The molecule has 0 aliphatic carbocycles.